The van der Waals surface area contributed by atoms with Gasteiger partial charge in [-0.05, 0) is 87.7 Å². The Morgan fingerprint density at radius 2 is 1.55 bits per heavy atom. The highest BCUT2D eigenvalue weighted by Gasteiger charge is 2.52. The predicted octanol–water partition coefficient (Wildman–Crippen LogP) is 6.70. The lowest BCUT2D eigenvalue weighted by Crippen LogP contribution is -2.55. The predicted molar refractivity (Wildman–Crippen MR) is 138 cm³/mol. The van der Waals surface area contributed by atoms with E-state index < -0.39 is 53.7 Å². The second-order valence-electron chi connectivity index (χ2n) is 11.6. The molecule has 3 heterocycles. The molecule has 1 N–H and O–H groups in total. The molecule has 5 rings (SSSR count). The van der Waals surface area contributed by atoms with Crippen molar-refractivity contribution in [3.8, 4) is 0 Å². The van der Waals surface area contributed by atoms with Crippen LogP contribution in [0.4, 0.5) is 30.7 Å². The molecule has 3 aliphatic heterocycles. The van der Waals surface area contributed by atoms with Crippen molar-refractivity contribution in [2.75, 3.05) is 26.3 Å². The zero-order valence-corrected chi connectivity index (χ0v) is 23.2. The smallest absolute Gasteiger partial charge is 0.390 e. The maximum absolute atomic E-state index is 13.9. The molecule has 0 aliphatic carbocycles. The maximum Gasteiger partial charge on any atom is 0.416 e. The van der Waals surface area contributed by atoms with E-state index in [2.05, 4.69) is 4.90 Å². The van der Waals surface area contributed by atoms with Crippen LogP contribution < -0.4 is 0 Å². The second-order valence-corrected chi connectivity index (χ2v) is 11.6. The van der Waals surface area contributed by atoms with E-state index in [0.29, 0.717) is 50.0 Å². The average Bonchev–Trinajstić information content (AvgIpc) is 3.21. The van der Waals surface area contributed by atoms with Crippen LogP contribution in [0.3, 0.4) is 0 Å². The van der Waals surface area contributed by atoms with Crippen LogP contribution in [0.25, 0.3) is 0 Å². The van der Waals surface area contributed by atoms with Crippen LogP contribution in [-0.2, 0) is 26.6 Å². The molecule has 1 spiro atoms. The fourth-order valence-corrected chi connectivity index (χ4v) is 6.71. The second kappa shape index (κ2) is 11.7. The van der Waals surface area contributed by atoms with Crippen molar-refractivity contribution in [2.24, 2.45) is 5.41 Å². The van der Waals surface area contributed by atoms with Gasteiger partial charge < -0.3 is 19.3 Å². The zero-order chi connectivity index (χ0) is 30.4. The Labute approximate surface area is 239 Å². The van der Waals surface area contributed by atoms with Crippen LogP contribution in [0.15, 0.2) is 42.5 Å². The molecule has 2 aromatic carbocycles. The van der Waals surface area contributed by atoms with Gasteiger partial charge in [-0.3, -0.25) is 4.90 Å². The molecular formula is C30H34F7NO4. The minimum atomic E-state index is -4.99. The van der Waals surface area contributed by atoms with Crippen molar-refractivity contribution in [3.63, 3.8) is 0 Å². The van der Waals surface area contributed by atoms with Gasteiger partial charge >= 0.3 is 12.4 Å². The standard InChI is InChI=1S/C30H34F7NO4/c1-17(20-13-21(29(32,33)34)15-22(14-20)30(35,36)37)42-27-26(19-3-5-23(31)6-4-19)24(7-12-40-27)38-10-8-28(9-11-38)18(2)41-16-25(28)39/h3-6,13-15,17-18,24-27,39H,7-12,16H2,1-2H3/t17-,18?,24-,25-,26-,27-/m1/s1. The molecule has 6 atom stereocenters. The summed E-state index contributed by atoms with van der Waals surface area (Å²) in [6, 6.07) is 7.02. The summed E-state index contributed by atoms with van der Waals surface area (Å²) in [5, 5.41) is 10.7. The highest BCUT2D eigenvalue weighted by molar-refractivity contribution is 5.35. The molecule has 3 saturated heterocycles. The first-order valence-electron chi connectivity index (χ1n) is 14.0. The van der Waals surface area contributed by atoms with Crippen LogP contribution in [0.5, 0.6) is 0 Å². The van der Waals surface area contributed by atoms with E-state index in [-0.39, 0.29) is 42.4 Å². The fraction of sp³-hybridized carbons (Fsp3) is 0.600. The van der Waals surface area contributed by atoms with Crippen molar-refractivity contribution in [1.29, 1.82) is 0 Å². The van der Waals surface area contributed by atoms with Crippen LogP contribution in [0.1, 0.15) is 67.4 Å². The van der Waals surface area contributed by atoms with Gasteiger partial charge in [0.05, 0.1) is 48.6 Å². The van der Waals surface area contributed by atoms with Gasteiger partial charge in [0.25, 0.3) is 0 Å². The lowest BCUT2D eigenvalue weighted by molar-refractivity contribution is -0.213. The van der Waals surface area contributed by atoms with E-state index >= 15 is 0 Å². The first-order valence-corrected chi connectivity index (χ1v) is 14.0. The summed E-state index contributed by atoms with van der Waals surface area (Å²) in [5.41, 5.74) is -2.80. The number of ether oxygens (including phenoxy) is 3. The Hall–Kier alpha value is -2.25. The summed E-state index contributed by atoms with van der Waals surface area (Å²) in [6.45, 7) is 5.16. The van der Waals surface area contributed by atoms with E-state index in [1.54, 1.807) is 12.1 Å². The van der Waals surface area contributed by atoms with Gasteiger partial charge in [-0.1, -0.05) is 12.1 Å². The molecule has 0 amide bonds. The first-order chi connectivity index (χ1) is 19.7. The molecule has 0 aromatic heterocycles. The minimum absolute atomic E-state index is 0.0843. The summed E-state index contributed by atoms with van der Waals surface area (Å²) < 4.78 is 113. The topological polar surface area (TPSA) is 51.2 Å². The Morgan fingerprint density at radius 3 is 2.07 bits per heavy atom. The molecule has 2 aromatic rings. The molecule has 232 valence electrons. The van der Waals surface area contributed by atoms with E-state index in [4.69, 9.17) is 14.2 Å². The number of aliphatic hydroxyl groups excluding tert-OH is 1. The van der Waals surface area contributed by atoms with Gasteiger partial charge in [-0.2, -0.15) is 26.3 Å². The molecule has 0 saturated carbocycles. The number of likely N-dealkylation sites (tertiary alicyclic amines) is 1. The number of aliphatic hydroxyl groups is 1. The summed E-state index contributed by atoms with van der Waals surface area (Å²) in [4.78, 5) is 2.26. The van der Waals surface area contributed by atoms with E-state index in [1.807, 2.05) is 6.92 Å². The maximum atomic E-state index is 13.9. The molecule has 0 radical (unpaired) electrons. The van der Waals surface area contributed by atoms with Crippen LogP contribution in [0.2, 0.25) is 0 Å². The molecular weight excluding hydrogens is 571 g/mol. The number of benzene rings is 2. The Kier molecular flexibility index (Phi) is 8.67. The minimum Gasteiger partial charge on any atom is -0.390 e. The van der Waals surface area contributed by atoms with Gasteiger partial charge in [0, 0.05) is 11.5 Å². The number of rotatable bonds is 5. The van der Waals surface area contributed by atoms with Gasteiger partial charge in [-0.15, -0.1) is 0 Å². The van der Waals surface area contributed by atoms with Crippen molar-refractivity contribution >= 4 is 0 Å². The fourth-order valence-electron chi connectivity index (χ4n) is 6.71. The summed E-state index contributed by atoms with van der Waals surface area (Å²) >= 11 is 0. The van der Waals surface area contributed by atoms with Crippen molar-refractivity contribution in [1.82, 2.24) is 4.90 Å². The van der Waals surface area contributed by atoms with Crippen LogP contribution in [-0.4, -0.2) is 60.8 Å². The Balaban J connectivity index is 1.42. The highest BCUT2D eigenvalue weighted by Crippen LogP contribution is 2.47. The molecule has 5 nitrogen and oxygen atoms in total. The third-order valence-electron chi connectivity index (χ3n) is 9.25. The number of hydrogen-bond donors (Lipinski definition) is 1. The van der Waals surface area contributed by atoms with E-state index in [0.717, 1.165) is 0 Å². The lowest BCUT2D eigenvalue weighted by Gasteiger charge is -2.49. The monoisotopic (exact) mass is 605 g/mol. The summed E-state index contributed by atoms with van der Waals surface area (Å²) in [5.74, 6) is -0.962. The first kappa shape index (κ1) is 31.2. The molecule has 1 unspecified atom stereocenters. The van der Waals surface area contributed by atoms with Crippen LogP contribution in [0, 0.1) is 11.2 Å². The third-order valence-corrected chi connectivity index (χ3v) is 9.25. The quantitative estimate of drug-likeness (QED) is 0.385. The van der Waals surface area contributed by atoms with Crippen molar-refractivity contribution < 1.29 is 50.1 Å². The normalized spacial score (nSPS) is 29.6. The molecule has 42 heavy (non-hydrogen) atoms. The largest absolute Gasteiger partial charge is 0.416 e. The lowest BCUT2D eigenvalue weighted by atomic mass is 9.71. The summed E-state index contributed by atoms with van der Waals surface area (Å²) in [6.07, 6.45) is -10.9. The van der Waals surface area contributed by atoms with Gasteiger partial charge in [0.15, 0.2) is 6.29 Å². The Bertz CT molecular complexity index is 1180. The Morgan fingerprint density at radius 1 is 0.952 bits per heavy atom. The summed E-state index contributed by atoms with van der Waals surface area (Å²) in [7, 11) is 0. The third kappa shape index (κ3) is 6.19. The van der Waals surface area contributed by atoms with Crippen LogP contribution >= 0.6 is 0 Å². The number of halogens is 7. The van der Waals surface area contributed by atoms with Crippen molar-refractivity contribution in [3.05, 3.63) is 70.5 Å². The number of hydrogen-bond acceptors (Lipinski definition) is 5. The molecule has 3 fully saturated rings. The average molecular weight is 606 g/mol. The molecule has 0 bridgehead atoms. The van der Waals surface area contributed by atoms with Gasteiger partial charge in [-0.25, -0.2) is 4.39 Å². The number of alkyl halides is 6. The van der Waals surface area contributed by atoms with Gasteiger partial charge in [0.1, 0.15) is 5.82 Å². The number of piperidine rings is 1. The highest BCUT2D eigenvalue weighted by atomic mass is 19.4. The molecule has 12 heteroatoms. The van der Waals surface area contributed by atoms with Gasteiger partial charge in [0.2, 0.25) is 0 Å². The van der Waals surface area contributed by atoms with Crippen molar-refractivity contribution in [2.45, 2.75) is 82.0 Å². The SMILES string of the molecule is CC1OC[C@@H](O)C12CCN([C@@H]1CCO[C@H](O[C@H](C)c3cc(C(F)(F)F)cc(C(F)(F)F)c3)[C@@H]1c1ccc(F)cc1)CC2. The van der Waals surface area contributed by atoms with E-state index in [9.17, 15) is 35.8 Å². The number of nitrogens with zero attached hydrogens (tertiary/aromatic N) is 1. The molecule has 3 aliphatic rings. The zero-order valence-electron chi connectivity index (χ0n) is 23.2. The van der Waals surface area contributed by atoms with E-state index in [1.165, 1.54) is 19.1 Å².